The highest BCUT2D eigenvalue weighted by Gasteiger charge is 2.19. The average Bonchev–Trinajstić information content (AvgIpc) is 3.31. The molecule has 26 heavy (non-hydrogen) atoms. The first kappa shape index (κ1) is 15.9. The van der Waals surface area contributed by atoms with Crippen molar-refractivity contribution in [3.05, 3.63) is 47.7 Å². The van der Waals surface area contributed by atoms with E-state index in [-0.39, 0.29) is 11.4 Å². The largest absolute Gasteiger partial charge is 0.479 e. The van der Waals surface area contributed by atoms with Gasteiger partial charge in [0, 0.05) is 18.0 Å². The van der Waals surface area contributed by atoms with E-state index in [1.165, 1.54) is 18.0 Å². The zero-order valence-electron chi connectivity index (χ0n) is 14.3. The molecule has 0 aliphatic heterocycles. The zero-order valence-corrected chi connectivity index (χ0v) is 14.3. The van der Waals surface area contributed by atoms with Crippen molar-refractivity contribution in [3.63, 3.8) is 0 Å². The number of aromatic carboxylic acids is 1. The van der Waals surface area contributed by atoms with Gasteiger partial charge in [0.25, 0.3) is 0 Å². The number of aromatic nitrogens is 5. The van der Waals surface area contributed by atoms with E-state index in [4.69, 9.17) is 9.26 Å². The van der Waals surface area contributed by atoms with Crippen molar-refractivity contribution in [2.24, 2.45) is 0 Å². The standard InChI is InChI=1S/C17H15N5O4/c1-9-15(10(2)26-20-9)12-7-18-21-5-4-11(6-14(12)21)22-8-13(17(23)24)16(19-22)25-3/h4-8H,1-3H3,(H,23,24). The number of hydrogen-bond donors (Lipinski definition) is 1. The van der Waals surface area contributed by atoms with Crippen molar-refractivity contribution in [2.45, 2.75) is 13.8 Å². The van der Waals surface area contributed by atoms with Crippen LogP contribution in [0.25, 0.3) is 22.3 Å². The van der Waals surface area contributed by atoms with Gasteiger partial charge in [-0.25, -0.2) is 14.0 Å². The molecule has 0 amide bonds. The summed E-state index contributed by atoms with van der Waals surface area (Å²) in [6.07, 6.45) is 4.94. The molecule has 9 heteroatoms. The Hall–Kier alpha value is -3.62. The monoisotopic (exact) mass is 353 g/mol. The molecule has 0 bridgehead atoms. The van der Waals surface area contributed by atoms with Crippen LogP contribution in [0.5, 0.6) is 5.88 Å². The minimum Gasteiger partial charge on any atom is -0.479 e. The topological polar surface area (TPSA) is 108 Å². The molecule has 4 heterocycles. The zero-order chi connectivity index (χ0) is 18.4. The molecule has 0 saturated carbocycles. The molecule has 0 atom stereocenters. The van der Waals surface area contributed by atoms with Crippen molar-refractivity contribution in [2.75, 3.05) is 7.11 Å². The predicted molar refractivity (Wildman–Crippen MR) is 90.8 cm³/mol. The molecule has 0 unspecified atom stereocenters. The smallest absolute Gasteiger partial charge is 0.342 e. The van der Waals surface area contributed by atoms with Gasteiger partial charge >= 0.3 is 5.97 Å². The summed E-state index contributed by atoms with van der Waals surface area (Å²) < 4.78 is 13.5. The third kappa shape index (κ3) is 2.32. The van der Waals surface area contributed by atoms with Crippen LogP contribution in [0.2, 0.25) is 0 Å². The van der Waals surface area contributed by atoms with Gasteiger partial charge in [-0.15, -0.1) is 5.10 Å². The third-order valence-electron chi connectivity index (χ3n) is 4.18. The Labute approximate surface area is 147 Å². The van der Waals surface area contributed by atoms with Gasteiger partial charge in [-0.2, -0.15) is 5.10 Å². The van der Waals surface area contributed by atoms with E-state index in [2.05, 4.69) is 15.4 Å². The minimum atomic E-state index is -1.10. The summed E-state index contributed by atoms with van der Waals surface area (Å²) in [5.74, 6) is -0.344. The number of carbonyl (C=O) groups is 1. The normalized spacial score (nSPS) is 11.2. The Kier molecular flexibility index (Phi) is 3.50. The van der Waals surface area contributed by atoms with Crippen molar-refractivity contribution in [1.29, 1.82) is 0 Å². The van der Waals surface area contributed by atoms with Gasteiger partial charge in [0.1, 0.15) is 11.3 Å². The molecule has 0 aliphatic carbocycles. The Balaban J connectivity index is 1.89. The predicted octanol–water partition coefficient (Wildman–Crippen LogP) is 2.50. The Bertz CT molecular complexity index is 1120. The summed E-state index contributed by atoms with van der Waals surface area (Å²) in [5, 5.41) is 21.8. The van der Waals surface area contributed by atoms with E-state index < -0.39 is 5.97 Å². The van der Waals surface area contributed by atoms with Crippen LogP contribution in [0.4, 0.5) is 0 Å². The number of carboxylic acid groups (broad SMARTS) is 1. The van der Waals surface area contributed by atoms with Crippen molar-refractivity contribution in [1.82, 2.24) is 24.6 Å². The lowest BCUT2D eigenvalue weighted by Gasteiger charge is -2.04. The fourth-order valence-electron chi connectivity index (χ4n) is 2.96. The molecule has 0 aromatic carbocycles. The van der Waals surface area contributed by atoms with E-state index in [1.807, 2.05) is 19.9 Å². The van der Waals surface area contributed by atoms with Crippen LogP contribution in [-0.2, 0) is 0 Å². The molecule has 132 valence electrons. The first-order valence-electron chi connectivity index (χ1n) is 7.77. The lowest BCUT2D eigenvalue weighted by Crippen LogP contribution is -1.97. The van der Waals surface area contributed by atoms with Crippen LogP contribution in [0.15, 0.2) is 35.2 Å². The SMILES string of the molecule is COc1nn(-c2ccn3ncc(-c4c(C)noc4C)c3c2)cc1C(=O)O. The molecule has 1 N–H and O–H groups in total. The number of fused-ring (bicyclic) bond motifs is 1. The number of hydrogen-bond acceptors (Lipinski definition) is 6. The summed E-state index contributed by atoms with van der Waals surface area (Å²) in [7, 11) is 1.38. The molecule has 0 radical (unpaired) electrons. The second-order valence-corrected chi connectivity index (χ2v) is 5.77. The van der Waals surface area contributed by atoms with Gasteiger partial charge in [0.2, 0.25) is 5.88 Å². The number of rotatable bonds is 4. The number of nitrogens with zero attached hydrogens (tertiary/aromatic N) is 5. The maximum atomic E-state index is 11.3. The van der Waals surface area contributed by atoms with Crippen molar-refractivity contribution >= 4 is 11.5 Å². The summed E-state index contributed by atoms with van der Waals surface area (Å²) in [4.78, 5) is 11.3. The van der Waals surface area contributed by atoms with Crippen LogP contribution in [-0.4, -0.2) is 42.7 Å². The second-order valence-electron chi connectivity index (χ2n) is 5.77. The van der Waals surface area contributed by atoms with Gasteiger partial charge < -0.3 is 14.4 Å². The van der Waals surface area contributed by atoms with E-state index in [1.54, 1.807) is 23.0 Å². The van der Waals surface area contributed by atoms with Crippen molar-refractivity contribution in [3.8, 4) is 22.7 Å². The van der Waals surface area contributed by atoms with Gasteiger partial charge in [0.05, 0.1) is 35.8 Å². The highest BCUT2D eigenvalue weighted by Crippen LogP contribution is 2.31. The minimum absolute atomic E-state index is 0.00757. The van der Waals surface area contributed by atoms with Crippen LogP contribution < -0.4 is 4.74 Å². The number of carboxylic acids is 1. The molecule has 0 spiro atoms. The second kappa shape index (κ2) is 5.73. The summed E-state index contributed by atoms with van der Waals surface area (Å²) in [6.45, 7) is 3.72. The quantitative estimate of drug-likeness (QED) is 0.600. The molecule has 0 fully saturated rings. The van der Waals surface area contributed by atoms with Crippen molar-refractivity contribution < 1.29 is 19.2 Å². The first-order chi connectivity index (χ1) is 12.5. The third-order valence-corrected chi connectivity index (χ3v) is 4.18. The molecule has 4 aromatic heterocycles. The van der Waals surface area contributed by atoms with Crippen LogP contribution in [0.3, 0.4) is 0 Å². The molecular formula is C17H15N5O4. The number of methoxy groups -OCH3 is 1. The first-order valence-corrected chi connectivity index (χ1v) is 7.77. The number of ether oxygens (including phenoxy) is 1. The fraction of sp³-hybridized carbons (Fsp3) is 0.176. The fourth-order valence-corrected chi connectivity index (χ4v) is 2.96. The lowest BCUT2D eigenvalue weighted by molar-refractivity contribution is 0.0693. The average molecular weight is 353 g/mol. The molecule has 0 aliphatic rings. The highest BCUT2D eigenvalue weighted by molar-refractivity contribution is 5.90. The van der Waals surface area contributed by atoms with E-state index >= 15 is 0 Å². The lowest BCUT2D eigenvalue weighted by atomic mass is 10.1. The van der Waals surface area contributed by atoms with E-state index in [9.17, 15) is 9.90 Å². The van der Waals surface area contributed by atoms with Gasteiger partial charge in [0.15, 0.2) is 0 Å². The summed E-state index contributed by atoms with van der Waals surface area (Å²) in [6, 6.07) is 3.65. The van der Waals surface area contributed by atoms with Crippen LogP contribution >= 0.6 is 0 Å². The Morgan fingerprint density at radius 3 is 2.77 bits per heavy atom. The Morgan fingerprint density at radius 1 is 1.35 bits per heavy atom. The van der Waals surface area contributed by atoms with Gasteiger partial charge in [-0.05, 0) is 26.0 Å². The maximum absolute atomic E-state index is 11.3. The van der Waals surface area contributed by atoms with Gasteiger partial charge in [-0.3, -0.25) is 0 Å². The van der Waals surface area contributed by atoms with E-state index in [0.717, 1.165) is 22.3 Å². The van der Waals surface area contributed by atoms with Crippen LogP contribution in [0, 0.1) is 13.8 Å². The van der Waals surface area contributed by atoms with Gasteiger partial charge in [-0.1, -0.05) is 5.16 Å². The van der Waals surface area contributed by atoms with Crippen LogP contribution in [0.1, 0.15) is 21.8 Å². The number of pyridine rings is 1. The summed E-state index contributed by atoms with van der Waals surface area (Å²) >= 11 is 0. The maximum Gasteiger partial charge on any atom is 0.342 e. The molecular weight excluding hydrogens is 338 g/mol. The molecule has 4 aromatic rings. The van der Waals surface area contributed by atoms with E-state index in [0.29, 0.717) is 11.4 Å². The number of aryl methyl sites for hydroxylation is 2. The molecule has 0 saturated heterocycles. The molecule has 4 rings (SSSR count). The molecule has 9 nitrogen and oxygen atoms in total. The Morgan fingerprint density at radius 2 is 2.15 bits per heavy atom. The summed E-state index contributed by atoms with van der Waals surface area (Å²) in [5.41, 5.74) is 4.03. The highest BCUT2D eigenvalue weighted by atomic mass is 16.5.